The van der Waals surface area contributed by atoms with E-state index in [1.165, 1.54) is 37.8 Å². The summed E-state index contributed by atoms with van der Waals surface area (Å²) in [7, 11) is 4.29. The Kier molecular flexibility index (Phi) is 5.41. The van der Waals surface area contributed by atoms with Crippen molar-refractivity contribution in [2.75, 3.05) is 27.2 Å². The molecule has 106 valence electrons. The molecule has 0 aromatic heterocycles. The molecule has 0 amide bonds. The fourth-order valence-corrected chi connectivity index (χ4v) is 3.05. The maximum absolute atomic E-state index is 3.75. The third-order valence-electron chi connectivity index (χ3n) is 4.21. The summed E-state index contributed by atoms with van der Waals surface area (Å²) in [5.74, 6) is 0.725. The molecule has 0 aliphatic heterocycles. The van der Waals surface area contributed by atoms with Gasteiger partial charge in [0.15, 0.2) is 0 Å². The topological polar surface area (TPSA) is 15.3 Å². The molecule has 0 saturated heterocycles. The summed E-state index contributed by atoms with van der Waals surface area (Å²) in [6.45, 7) is 4.69. The minimum Gasteiger partial charge on any atom is -0.310 e. The molecule has 0 bridgehead atoms. The zero-order valence-electron chi connectivity index (χ0n) is 12.7. The first kappa shape index (κ1) is 14.5. The predicted molar refractivity (Wildman–Crippen MR) is 82.6 cm³/mol. The predicted octanol–water partition coefficient (Wildman–Crippen LogP) is 3.56. The Bertz CT molecular complexity index is 387. The van der Waals surface area contributed by atoms with Crippen LogP contribution in [0, 0.1) is 0 Å². The normalized spacial score (nSPS) is 22.5. The van der Waals surface area contributed by atoms with Crippen LogP contribution < -0.4 is 5.32 Å². The van der Waals surface area contributed by atoms with E-state index in [0.717, 1.165) is 12.5 Å². The van der Waals surface area contributed by atoms with Gasteiger partial charge < -0.3 is 10.2 Å². The van der Waals surface area contributed by atoms with Crippen LogP contribution in [0.2, 0.25) is 0 Å². The van der Waals surface area contributed by atoms with Crippen LogP contribution in [0.15, 0.2) is 24.3 Å². The highest BCUT2D eigenvalue weighted by atomic mass is 15.0. The van der Waals surface area contributed by atoms with Gasteiger partial charge in [-0.3, -0.25) is 0 Å². The van der Waals surface area contributed by atoms with Gasteiger partial charge in [0.05, 0.1) is 0 Å². The first-order valence-corrected chi connectivity index (χ1v) is 7.65. The highest BCUT2D eigenvalue weighted by Gasteiger charge is 2.23. The number of nitrogens with zero attached hydrogens (tertiary/aromatic N) is 1. The monoisotopic (exact) mass is 260 g/mol. The Morgan fingerprint density at radius 2 is 1.84 bits per heavy atom. The van der Waals surface area contributed by atoms with Gasteiger partial charge in [0.1, 0.15) is 0 Å². The second-order valence-electron chi connectivity index (χ2n) is 6.12. The summed E-state index contributed by atoms with van der Waals surface area (Å²) < 4.78 is 0. The van der Waals surface area contributed by atoms with Crippen molar-refractivity contribution in [3.8, 4) is 0 Å². The van der Waals surface area contributed by atoms with E-state index < -0.39 is 0 Å². The van der Waals surface area contributed by atoms with Crippen LogP contribution in [-0.2, 0) is 0 Å². The molecule has 1 aliphatic carbocycles. The van der Waals surface area contributed by atoms with Crippen molar-refractivity contribution in [1.82, 2.24) is 10.2 Å². The molecule has 2 unspecified atom stereocenters. The van der Waals surface area contributed by atoms with Gasteiger partial charge in [0.25, 0.3) is 0 Å². The molecule has 2 rings (SSSR count). The Balaban J connectivity index is 1.83. The molecule has 0 spiro atoms. The lowest BCUT2D eigenvalue weighted by molar-refractivity contribution is 0.380. The summed E-state index contributed by atoms with van der Waals surface area (Å²) in [5, 5.41) is 3.75. The molecule has 1 aromatic rings. The van der Waals surface area contributed by atoms with E-state index in [1.807, 2.05) is 0 Å². The highest BCUT2D eigenvalue weighted by Crippen LogP contribution is 2.36. The Labute approximate surface area is 118 Å². The smallest absolute Gasteiger partial charge is 0.0323 e. The average molecular weight is 260 g/mol. The molecular weight excluding hydrogens is 232 g/mol. The molecule has 1 N–H and O–H groups in total. The highest BCUT2D eigenvalue weighted by molar-refractivity contribution is 5.34. The molecule has 1 aromatic carbocycles. The second-order valence-corrected chi connectivity index (χ2v) is 6.12. The van der Waals surface area contributed by atoms with Crippen molar-refractivity contribution in [3.05, 3.63) is 35.4 Å². The number of nitrogens with one attached hydrogen (secondary N) is 1. The van der Waals surface area contributed by atoms with Gasteiger partial charge in [0, 0.05) is 6.04 Å². The van der Waals surface area contributed by atoms with E-state index in [1.54, 1.807) is 5.56 Å². The largest absolute Gasteiger partial charge is 0.310 e. The van der Waals surface area contributed by atoms with Gasteiger partial charge in [-0.2, -0.15) is 0 Å². The fraction of sp³-hybridized carbons (Fsp3) is 0.647. The van der Waals surface area contributed by atoms with Crippen molar-refractivity contribution in [3.63, 3.8) is 0 Å². The first-order chi connectivity index (χ1) is 9.18. The van der Waals surface area contributed by atoms with Crippen molar-refractivity contribution < 1.29 is 0 Å². The Morgan fingerprint density at radius 1 is 1.11 bits per heavy atom. The van der Waals surface area contributed by atoms with E-state index >= 15 is 0 Å². The fourth-order valence-electron chi connectivity index (χ4n) is 3.05. The number of unbranched alkanes of at least 4 members (excludes halogenated alkanes) is 1. The SMILES string of the molecule is CC1CCC(NCCCCN(C)C)c2ccccc21. The molecule has 0 saturated carbocycles. The minimum atomic E-state index is 0.576. The van der Waals surface area contributed by atoms with Crippen molar-refractivity contribution in [2.45, 2.75) is 44.6 Å². The number of hydrogen-bond donors (Lipinski definition) is 1. The van der Waals surface area contributed by atoms with Crippen LogP contribution in [0.4, 0.5) is 0 Å². The van der Waals surface area contributed by atoms with E-state index in [-0.39, 0.29) is 0 Å². The molecule has 2 atom stereocenters. The molecule has 19 heavy (non-hydrogen) atoms. The molecule has 2 nitrogen and oxygen atoms in total. The number of hydrogen-bond acceptors (Lipinski definition) is 2. The second kappa shape index (κ2) is 7.06. The zero-order chi connectivity index (χ0) is 13.7. The summed E-state index contributed by atoms with van der Waals surface area (Å²) in [5.41, 5.74) is 3.09. The molecule has 1 aliphatic rings. The van der Waals surface area contributed by atoms with Crippen LogP contribution in [0.25, 0.3) is 0 Å². The standard InChI is InChI=1S/C17H28N2/c1-14-10-11-17(16-9-5-4-8-15(14)16)18-12-6-7-13-19(2)3/h4-5,8-9,14,17-18H,6-7,10-13H2,1-3H3. The maximum Gasteiger partial charge on any atom is 0.0323 e. The quantitative estimate of drug-likeness (QED) is 0.787. The lowest BCUT2D eigenvalue weighted by Gasteiger charge is -2.30. The molecule has 2 heteroatoms. The van der Waals surface area contributed by atoms with E-state index in [9.17, 15) is 0 Å². The first-order valence-electron chi connectivity index (χ1n) is 7.65. The Morgan fingerprint density at radius 3 is 2.58 bits per heavy atom. The van der Waals surface area contributed by atoms with Crippen LogP contribution in [0.5, 0.6) is 0 Å². The lowest BCUT2D eigenvalue weighted by atomic mass is 9.81. The van der Waals surface area contributed by atoms with Gasteiger partial charge in [-0.15, -0.1) is 0 Å². The van der Waals surface area contributed by atoms with Crippen molar-refractivity contribution >= 4 is 0 Å². The van der Waals surface area contributed by atoms with Crippen LogP contribution in [0.1, 0.15) is 55.7 Å². The number of rotatable bonds is 6. The van der Waals surface area contributed by atoms with Crippen molar-refractivity contribution in [1.29, 1.82) is 0 Å². The summed E-state index contributed by atoms with van der Waals surface area (Å²) in [6.07, 6.45) is 5.15. The van der Waals surface area contributed by atoms with Crippen molar-refractivity contribution in [2.24, 2.45) is 0 Å². The molecule has 0 radical (unpaired) electrons. The van der Waals surface area contributed by atoms with E-state index in [4.69, 9.17) is 0 Å². The molecule has 0 fully saturated rings. The van der Waals surface area contributed by atoms with Gasteiger partial charge in [0.2, 0.25) is 0 Å². The number of benzene rings is 1. The molecule has 0 heterocycles. The van der Waals surface area contributed by atoms with Gasteiger partial charge in [-0.25, -0.2) is 0 Å². The maximum atomic E-state index is 3.75. The third-order valence-corrected chi connectivity index (χ3v) is 4.21. The molecular formula is C17H28N2. The van der Waals surface area contributed by atoms with E-state index in [2.05, 4.69) is 55.5 Å². The van der Waals surface area contributed by atoms with Crippen LogP contribution in [-0.4, -0.2) is 32.1 Å². The third kappa shape index (κ3) is 4.05. The van der Waals surface area contributed by atoms with Gasteiger partial charge >= 0.3 is 0 Å². The Hall–Kier alpha value is -0.860. The van der Waals surface area contributed by atoms with E-state index in [0.29, 0.717) is 6.04 Å². The number of fused-ring (bicyclic) bond motifs is 1. The summed E-state index contributed by atoms with van der Waals surface area (Å²) >= 11 is 0. The van der Waals surface area contributed by atoms with Gasteiger partial charge in [-0.1, -0.05) is 31.2 Å². The van der Waals surface area contributed by atoms with Crippen LogP contribution in [0.3, 0.4) is 0 Å². The average Bonchev–Trinajstić information content (AvgIpc) is 2.41. The zero-order valence-corrected chi connectivity index (χ0v) is 12.7. The minimum absolute atomic E-state index is 0.576. The van der Waals surface area contributed by atoms with Crippen LogP contribution >= 0.6 is 0 Å². The summed E-state index contributed by atoms with van der Waals surface area (Å²) in [4.78, 5) is 2.26. The summed E-state index contributed by atoms with van der Waals surface area (Å²) in [6, 6.07) is 9.54. The van der Waals surface area contributed by atoms with Gasteiger partial charge in [-0.05, 0) is 69.9 Å². The lowest BCUT2D eigenvalue weighted by Crippen LogP contribution is -2.27.